The lowest BCUT2D eigenvalue weighted by atomic mass is 9.94. The highest BCUT2D eigenvalue weighted by Crippen LogP contribution is 2.38. The van der Waals surface area contributed by atoms with Gasteiger partial charge in [-0.15, -0.1) is 11.3 Å². The fraction of sp³-hybridized carbons (Fsp3) is 0.727. The second-order valence-corrected chi connectivity index (χ2v) is 5.63. The van der Waals surface area contributed by atoms with E-state index in [1.165, 1.54) is 23.4 Å². The van der Waals surface area contributed by atoms with E-state index in [2.05, 4.69) is 6.92 Å². The van der Waals surface area contributed by atoms with Crippen LogP contribution >= 0.6 is 11.3 Å². The molecule has 2 atom stereocenters. The van der Waals surface area contributed by atoms with Crippen LogP contribution in [0.5, 0.6) is 0 Å². The van der Waals surface area contributed by atoms with Crippen molar-refractivity contribution in [3.05, 3.63) is 15.6 Å². The lowest BCUT2D eigenvalue weighted by molar-refractivity contribution is 0.0950. The van der Waals surface area contributed by atoms with Gasteiger partial charge in [-0.2, -0.15) is 0 Å². The highest BCUT2D eigenvalue weighted by Gasteiger charge is 2.42. The molecule has 0 spiro atoms. The van der Waals surface area contributed by atoms with Crippen molar-refractivity contribution in [3.63, 3.8) is 0 Å². The van der Waals surface area contributed by atoms with Crippen LogP contribution in [0.3, 0.4) is 0 Å². The van der Waals surface area contributed by atoms with Crippen molar-refractivity contribution in [2.45, 2.75) is 44.2 Å². The molecular weight excluding hydrogens is 208 g/mol. The van der Waals surface area contributed by atoms with Gasteiger partial charge in [0, 0.05) is 11.5 Å². The second kappa shape index (κ2) is 3.27. The van der Waals surface area contributed by atoms with E-state index in [9.17, 15) is 0 Å². The molecule has 2 heterocycles. The zero-order valence-electron chi connectivity index (χ0n) is 8.95. The van der Waals surface area contributed by atoms with Gasteiger partial charge in [-0.05, 0) is 32.6 Å². The Morgan fingerprint density at radius 2 is 2.40 bits per heavy atom. The molecule has 4 heteroatoms. The fourth-order valence-corrected chi connectivity index (χ4v) is 3.79. The molecule has 82 valence electrons. The Hall–Kier alpha value is -0.450. The third-order valence-corrected chi connectivity index (χ3v) is 4.95. The van der Waals surface area contributed by atoms with Gasteiger partial charge in [0.1, 0.15) is 5.01 Å². The van der Waals surface area contributed by atoms with Crippen molar-refractivity contribution >= 4 is 11.3 Å². The summed E-state index contributed by atoms with van der Waals surface area (Å²) in [6.07, 6.45) is 4.59. The molecule has 1 saturated heterocycles. The van der Waals surface area contributed by atoms with Crippen molar-refractivity contribution in [3.8, 4) is 0 Å². The second-order valence-electron chi connectivity index (χ2n) is 4.55. The normalized spacial score (nSPS) is 34.7. The van der Waals surface area contributed by atoms with Crippen LogP contribution in [-0.2, 0) is 23.1 Å². The summed E-state index contributed by atoms with van der Waals surface area (Å²) in [7, 11) is 0. The molecule has 2 aliphatic rings. The average Bonchev–Trinajstić information content (AvgIpc) is 2.81. The van der Waals surface area contributed by atoms with Crippen molar-refractivity contribution in [2.75, 3.05) is 6.61 Å². The standard InChI is InChI=1S/C11H16N2OS/c1-7-11(12,5-6-14-7)10-13-8-3-2-4-9(8)15-10/h7H,2-6,12H2,1H3. The van der Waals surface area contributed by atoms with Crippen LogP contribution in [0.1, 0.15) is 35.3 Å². The smallest absolute Gasteiger partial charge is 0.116 e. The first kappa shape index (κ1) is 9.75. The lowest BCUT2D eigenvalue weighted by Gasteiger charge is -2.24. The largest absolute Gasteiger partial charge is 0.376 e. The molecule has 0 amide bonds. The number of hydrogen-bond acceptors (Lipinski definition) is 4. The van der Waals surface area contributed by atoms with E-state index in [1.54, 1.807) is 11.3 Å². The summed E-state index contributed by atoms with van der Waals surface area (Å²) >= 11 is 1.81. The Kier molecular flexibility index (Phi) is 2.13. The third kappa shape index (κ3) is 1.35. The maximum absolute atomic E-state index is 6.41. The molecule has 0 bridgehead atoms. The molecule has 1 fully saturated rings. The summed E-state index contributed by atoms with van der Waals surface area (Å²) in [6.45, 7) is 2.82. The van der Waals surface area contributed by atoms with E-state index in [0.29, 0.717) is 0 Å². The molecule has 15 heavy (non-hydrogen) atoms. The zero-order chi connectivity index (χ0) is 10.5. The maximum Gasteiger partial charge on any atom is 0.116 e. The Labute approximate surface area is 93.7 Å². The predicted molar refractivity (Wildman–Crippen MR) is 60.0 cm³/mol. The van der Waals surface area contributed by atoms with Crippen LogP contribution in [0, 0.1) is 0 Å². The molecule has 1 aliphatic heterocycles. The Balaban J connectivity index is 1.98. The molecule has 1 aromatic heterocycles. The molecule has 0 saturated carbocycles. The first-order valence-corrected chi connectivity index (χ1v) is 6.41. The quantitative estimate of drug-likeness (QED) is 0.788. The van der Waals surface area contributed by atoms with Gasteiger partial charge < -0.3 is 10.5 Å². The first-order chi connectivity index (χ1) is 7.20. The number of aryl methyl sites for hydroxylation is 2. The summed E-state index contributed by atoms with van der Waals surface area (Å²) in [5.41, 5.74) is 7.37. The number of fused-ring (bicyclic) bond motifs is 1. The molecule has 1 aromatic rings. The van der Waals surface area contributed by atoms with E-state index >= 15 is 0 Å². The minimum atomic E-state index is -0.324. The lowest BCUT2D eigenvalue weighted by Crippen LogP contribution is -2.42. The van der Waals surface area contributed by atoms with Gasteiger partial charge in [-0.1, -0.05) is 0 Å². The van der Waals surface area contributed by atoms with Crippen molar-refractivity contribution in [2.24, 2.45) is 5.73 Å². The number of thiazole rings is 1. The van der Waals surface area contributed by atoms with Gasteiger partial charge in [0.2, 0.25) is 0 Å². The molecular formula is C11H16N2OS. The van der Waals surface area contributed by atoms with Crippen LogP contribution in [0.25, 0.3) is 0 Å². The van der Waals surface area contributed by atoms with Crippen molar-refractivity contribution in [1.82, 2.24) is 4.98 Å². The fourth-order valence-electron chi connectivity index (χ4n) is 2.43. The molecule has 0 aromatic carbocycles. The molecule has 0 radical (unpaired) electrons. The van der Waals surface area contributed by atoms with E-state index < -0.39 is 0 Å². The summed E-state index contributed by atoms with van der Waals surface area (Å²) in [4.78, 5) is 6.16. The van der Waals surface area contributed by atoms with Crippen LogP contribution in [0.15, 0.2) is 0 Å². The molecule has 3 rings (SSSR count). The topological polar surface area (TPSA) is 48.1 Å². The number of nitrogens with zero attached hydrogens (tertiary/aromatic N) is 1. The van der Waals surface area contributed by atoms with E-state index in [1.807, 2.05) is 0 Å². The van der Waals surface area contributed by atoms with Crippen LogP contribution in [0.2, 0.25) is 0 Å². The summed E-state index contributed by atoms with van der Waals surface area (Å²) in [5, 5.41) is 1.09. The van der Waals surface area contributed by atoms with Gasteiger partial charge in [-0.3, -0.25) is 0 Å². The Morgan fingerprint density at radius 1 is 1.53 bits per heavy atom. The number of aromatic nitrogens is 1. The SMILES string of the molecule is CC1OCCC1(N)c1nc2c(s1)CCC2. The van der Waals surface area contributed by atoms with Crippen molar-refractivity contribution < 1.29 is 4.74 Å². The molecule has 2 unspecified atom stereocenters. The maximum atomic E-state index is 6.41. The number of hydrogen-bond donors (Lipinski definition) is 1. The molecule has 1 aliphatic carbocycles. The summed E-state index contributed by atoms with van der Waals surface area (Å²) < 4.78 is 5.57. The number of rotatable bonds is 1. The van der Waals surface area contributed by atoms with E-state index in [4.69, 9.17) is 15.5 Å². The predicted octanol–water partition coefficient (Wildman–Crippen LogP) is 1.59. The minimum absolute atomic E-state index is 0.101. The van der Waals surface area contributed by atoms with Crippen LogP contribution in [-0.4, -0.2) is 17.7 Å². The number of nitrogens with two attached hydrogens (primary N) is 1. The van der Waals surface area contributed by atoms with E-state index in [0.717, 1.165) is 24.5 Å². The van der Waals surface area contributed by atoms with Gasteiger partial charge >= 0.3 is 0 Å². The third-order valence-electron chi connectivity index (χ3n) is 3.60. The minimum Gasteiger partial charge on any atom is -0.376 e. The van der Waals surface area contributed by atoms with E-state index in [-0.39, 0.29) is 11.6 Å². The van der Waals surface area contributed by atoms with Gasteiger partial charge in [-0.25, -0.2) is 4.98 Å². The Bertz CT molecular complexity index is 368. The van der Waals surface area contributed by atoms with Gasteiger partial charge in [0.05, 0.1) is 17.3 Å². The molecule has 2 N–H and O–H groups in total. The monoisotopic (exact) mass is 224 g/mol. The Morgan fingerprint density at radius 3 is 3.07 bits per heavy atom. The van der Waals surface area contributed by atoms with Gasteiger partial charge in [0.25, 0.3) is 0 Å². The summed E-state index contributed by atoms with van der Waals surface area (Å²) in [6, 6.07) is 0. The zero-order valence-corrected chi connectivity index (χ0v) is 9.77. The van der Waals surface area contributed by atoms with Crippen LogP contribution in [0.4, 0.5) is 0 Å². The molecule has 3 nitrogen and oxygen atoms in total. The highest BCUT2D eigenvalue weighted by molar-refractivity contribution is 7.12. The number of ether oxygens (including phenoxy) is 1. The van der Waals surface area contributed by atoms with Gasteiger partial charge in [0.15, 0.2) is 0 Å². The first-order valence-electron chi connectivity index (χ1n) is 5.60. The van der Waals surface area contributed by atoms with Crippen LogP contribution < -0.4 is 5.73 Å². The van der Waals surface area contributed by atoms with Crippen molar-refractivity contribution in [1.29, 1.82) is 0 Å². The average molecular weight is 224 g/mol. The highest BCUT2D eigenvalue weighted by atomic mass is 32.1. The summed E-state index contributed by atoms with van der Waals surface area (Å²) in [5.74, 6) is 0.